The Morgan fingerprint density at radius 2 is 1.55 bits per heavy atom. The first-order chi connectivity index (χ1) is 10.5. The van der Waals surface area contributed by atoms with Gasteiger partial charge in [0.05, 0.1) is 17.4 Å². The van der Waals surface area contributed by atoms with Crippen LogP contribution in [0.4, 0.5) is 4.39 Å². The van der Waals surface area contributed by atoms with Crippen molar-refractivity contribution in [1.82, 2.24) is 14.8 Å². The summed E-state index contributed by atoms with van der Waals surface area (Å²) < 4.78 is 15.2. The molecule has 0 amide bonds. The van der Waals surface area contributed by atoms with Gasteiger partial charge in [0, 0.05) is 23.5 Å². The molecule has 0 spiro atoms. The van der Waals surface area contributed by atoms with Crippen LogP contribution < -0.4 is 0 Å². The van der Waals surface area contributed by atoms with E-state index >= 15 is 0 Å². The molecule has 0 aliphatic rings. The van der Waals surface area contributed by atoms with Gasteiger partial charge >= 0.3 is 0 Å². The second-order valence-electron chi connectivity index (χ2n) is 6.23. The van der Waals surface area contributed by atoms with Crippen LogP contribution in [0.25, 0.3) is 22.4 Å². The number of pyridine rings is 1. The van der Waals surface area contributed by atoms with E-state index in [9.17, 15) is 4.39 Å². The molecule has 3 aromatic rings. The quantitative estimate of drug-likeness (QED) is 0.696. The summed E-state index contributed by atoms with van der Waals surface area (Å²) >= 11 is 0. The molecular weight excluding hydrogens is 277 g/mol. The molecule has 0 atom stereocenters. The summed E-state index contributed by atoms with van der Waals surface area (Å²) in [6.07, 6.45) is 5.38. The molecule has 0 saturated heterocycles. The number of nitrogens with zero attached hydrogens (tertiary/aromatic N) is 3. The van der Waals surface area contributed by atoms with Crippen molar-refractivity contribution in [3.05, 3.63) is 60.8 Å². The minimum atomic E-state index is -0.240. The fraction of sp³-hybridized carbons (Fsp3) is 0.222. The van der Waals surface area contributed by atoms with E-state index in [4.69, 9.17) is 0 Å². The summed E-state index contributed by atoms with van der Waals surface area (Å²) in [6, 6.07) is 10.4. The fourth-order valence-electron chi connectivity index (χ4n) is 2.49. The molecule has 2 aromatic heterocycles. The molecule has 112 valence electrons. The molecule has 22 heavy (non-hydrogen) atoms. The lowest BCUT2D eigenvalue weighted by atomic mass is 10.0. The average molecular weight is 295 g/mol. The van der Waals surface area contributed by atoms with Crippen LogP contribution in [-0.2, 0) is 5.54 Å². The molecule has 0 saturated carbocycles. The lowest BCUT2D eigenvalue weighted by Crippen LogP contribution is -2.24. The van der Waals surface area contributed by atoms with Crippen molar-refractivity contribution in [2.45, 2.75) is 26.3 Å². The Kier molecular flexibility index (Phi) is 3.53. The third-order valence-electron chi connectivity index (χ3n) is 3.51. The van der Waals surface area contributed by atoms with Gasteiger partial charge in [0.15, 0.2) is 0 Å². The number of hydrogen-bond acceptors (Lipinski definition) is 2. The molecule has 2 heterocycles. The van der Waals surface area contributed by atoms with E-state index in [1.54, 1.807) is 24.5 Å². The largest absolute Gasteiger partial charge is 0.265 e. The second-order valence-corrected chi connectivity index (χ2v) is 6.23. The second kappa shape index (κ2) is 5.37. The van der Waals surface area contributed by atoms with Crippen LogP contribution in [0.1, 0.15) is 20.8 Å². The van der Waals surface area contributed by atoms with E-state index in [0.29, 0.717) is 0 Å². The number of rotatable bonds is 2. The Morgan fingerprint density at radius 1 is 0.909 bits per heavy atom. The summed E-state index contributed by atoms with van der Waals surface area (Å²) in [5.74, 6) is -0.240. The Bertz CT molecular complexity index is 768. The van der Waals surface area contributed by atoms with Crippen LogP contribution in [0, 0.1) is 5.82 Å². The zero-order chi connectivity index (χ0) is 15.7. The molecule has 0 unspecified atom stereocenters. The van der Waals surface area contributed by atoms with Crippen LogP contribution in [0.15, 0.2) is 55.0 Å². The molecule has 0 bridgehead atoms. The van der Waals surface area contributed by atoms with Crippen molar-refractivity contribution in [2.75, 3.05) is 0 Å². The molecule has 3 rings (SSSR count). The van der Waals surface area contributed by atoms with Crippen LogP contribution in [-0.4, -0.2) is 14.8 Å². The van der Waals surface area contributed by atoms with E-state index in [-0.39, 0.29) is 11.4 Å². The Labute approximate surface area is 129 Å². The lowest BCUT2D eigenvalue weighted by Gasteiger charge is -2.23. The summed E-state index contributed by atoms with van der Waals surface area (Å²) in [4.78, 5) is 4.06. The minimum absolute atomic E-state index is 0.172. The Hall–Kier alpha value is -2.49. The average Bonchev–Trinajstić information content (AvgIpc) is 2.94. The monoisotopic (exact) mass is 295 g/mol. The highest BCUT2D eigenvalue weighted by Crippen LogP contribution is 2.35. The van der Waals surface area contributed by atoms with E-state index in [1.165, 1.54) is 12.1 Å². The molecule has 0 N–H and O–H groups in total. The van der Waals surface area contributed by atoms with E-state index in [0.717, 1.165) is 22.4 Å². The normalized spacial score (nSPS) is 11.6. The van der Waals surface area contributed by atoms with E-state index < -0.39 is 0 Å². The highest BCUT2D eigenvalue weighted by molar-refractivity contribution is 5.80. The van der Waals surface area contributed by atoms with Gasteiger partial charge < -0.3 is 0 Å². The Morgan fingerprint density at radius 3 is 2.14 bits per heavy atom. The number of halogens is 1. The first kappa shape index (κ1) is 14.4. The van der Waals surface area contributed by atoms with Crippen LogP contribution >= 0.6 is 0 Å². The van der Waals surface area contributed by atoms with Crippen LogP contribution in [0.3, 0.4) is 0 Å². The van der Waals surface area contributed by atoms with Crippen LogP contribution in [0.5, 0.6) is 0 Å². The number of aromatic nitrogens is 3. The fourth-order valence-corrected chi connectivity index (χ4v) is 2.49. The van der Waals surface area contributed by atoms with Crippen molar-refractivity contribution in [1.29, 1.82) is 0 Å². The maximum absolute atomic E-state index is 13.3. The molecule has 1 aromatic carbocycles. The Balaban J connectivity index is 2.24. The topological polar surface area (TPSA) is 30.7 Å². The third-order valence-corrected chi connectivity index (χ3v) is 3.51. The van der Waals surface area contributed by atoms with Crippen molar-refractivity contribution >= 4 is 0 Å². The first-order valence-corrected chi connectivity index (χ1v) is 7.21. The van der Waals surface area contributed by atoms with Gasteiger partial charge in [-0.05, 0) is 62.7 Å². The minimum Gasteiger partial charge on any atom is -0.265 e. The predicted molar refractivity (Wildman–Crippen MR) is 85.8 cm³/mol. The highest BCUT2D eigenvalue weighted by atomic mass is 19.1. The molecule has 0 radical (unpaired) electrons. The SMILES string of the molecule is CC(C)(C)n1ncc(-c2ccncc2)c1-c1ccc(F)cc1. The van der Waals surface area contributed by atoms with Gasteiger partial charge in [0.25, 0.3) is 0 Å². The van der Waals surface area contributed by atoms with Gasteiger partial charge in [-0.2, -0.15) is 5.10 Å². The molecule has 3 nitrogen and oxygen atoms in total. The highest BCUT2D eigenvalue weighted by Gasteiger charge is 2.22. The van der Waals surface area contributed by atoms with Crippen molar-refractivity contribution in [2.24, 2.45) is 0 Å². The third kappa shape index (κ3) is 2.64. The van der Waals surface area contributed by atoms with E-state index in [2.05, 4.69) is 30.9 Å². The van der Waals surface area contributed by atoms with Crippen LogP contribution in [0.2, 0.25) is 0 Å². The molecule has 0 fully saturated rings. The summed E-state index contributed by atoms with van der Waals surface area (Å²) in [7, 11) is 0. The molecular formula is C18H18FN3. The molecule has 0 aliphatic carbocycles. The van der Waals surface area contributed by atoms with Gasteiger partial charge in [0.1, 0.15) is 5.82 Å². The predicted octanol–water partition coefficient (Wildman–Crippen LogP) is 4.51. The van der Waals surface area contributed by atoms with Gasteiger partial charge in [0.2, 0.25) is 0 Å². The van der Waals surface area contributed by atoms with Crippen molar-refractivity contribution in [3.8, 4) is 22.4 Å². The van der Waals surface area contributed by atoms with Crippen molar-refractivity contribution < 1.29 is 4.39 Å². The summed E-state index contributed by atoms with van der Waals surface area (Å²) in [6.45, 7) is 6.30. The van der Waals surface area contributed by atoms with Gasteiger partial charge in [-0.3, -0.25) is 9.67 Å². The number of benzene rings is 1. The van der Waals surface area contributed by atoms with Gasteiger partial charge in [-0.25, -0.2) is 4.39 Å². The smallest absolute Gasteiger partial charge is 0.123 e. The first-order valence-electron chi connectivity index (χ1n) is 7.21. The van der Waals surface area contributed by atoms with Crippen molar-refractivity contribution in [3.63, 3.8) is 0 Å². The standard InChI is InChI=1S/C18H18FN3/c1-18(2,3)22-17(14-4-6-15(19)7-5-14)16(12-21-22)13-8-10-20-11-9-13/h4-12H,1-3H3. The summed E-state index contributed by atoms with van der Waals surface area (Å²) in [5, 5.41) is 4.57. The molecule has 4 heteroatoms. The zero-order valence-corrected chi connectivity index (χ0v) is 12.9. The lowest BCUT2D eigenvalue weighted by molar-refractivity contribution is 0.360. The number of hydrogen-bond donors (Lipinski definition) is 0. The van der Waals surface area contributed by atoms with Gasteiger partial charge in [-0.15, -0.1) is 0 Å². The van der Waals surface area contributed by atoms with Gasteiger partial charge in [-0.1, -0.05) is 0 Å². The zero-order valence-electron chi connectivity index (χ0n) is 12.9. The summed E-state index contributed by atoms with van der Waals surface area (Å²) in [5.41, 5.74) is 3.82. The molecule has 0 aliphatic heterocycles. The maximum atomic E-state index is 13.3. The maximum Gasteiger partial charge on any atom is 0.123 e. The van der Waals surface area contributed by atoms with E-state index in [1.807, 2.05) is 23.0 Å².